The van der Waals surface area contributed by atoms with Gasteiger partial charge in [0.2, 0.25) is 0 Å². The Morgan fingerprint density at radius 1 is 1.24 bits per heavy atom. The number of para-hydroxylation sites is 1. The number of nitrogen functional groups attached to an aromatic ring is 1. The van der Waals surface area contributed by atoms with Crippen LogP contribution in [-0.2, 0) is 14.8 Å². The number of fused-ring (bicyclic) bond motifs is 1. The van der Waals surface area contributed by atoms with E-state index in [1.165, 1.54) is 24.8 Å². The number of ether oxygens (including phenoxy) is 1. The highest BCUT2D eigenvalue weighted by Gasteiger charge is 2.54. The summed E-state index contributed by atoms with van der Waals surface area (Å²) in [5.41, 5.74) is 5.80. The molecule has 3 heterocycles. The molecule has 0 radical (unpaired) electrons. The Balaban J connectivity index is 1.51. The number of halogens is 2. The molecule has 1 saturated heterocycles. The number of nitrogens with two attached hydrogens (primary N) is 1. The third kappa shape index (κ3) is 3.86. The van der Waals surface area contributed by atoms with E-state index < -0.39 is 51.3 Å². The van der Waals surface area contributed by atoms with Gasteiger partial charge in [-0.15, -0.1) is 0 Å². The van der Waals surface area contributed by atoms with E-state index in [0.29, 0.717) is 11.2 Å². The fourth-order valence-corrected chi connectivity index (χ4v) is 4.78. The summed E-state index contributed by atoms with van der Waals surface area (Å²) < 4.78 is 63.4. The van der Waals surface area contributed by atoms with Crippen molar-refractivity contribution in [2.45, 2.75) is 31.4 Å². The minimum atomic E-state index is -5.44. The van der Waals surface area contributed by atoms with Gasteiger partial charge in [0, 0.05) is 12.5 Å². The van der Waals surface area contributed by atoms with Gasteiger partial charge in [-0.3, -0.25) is 9.36 Å². The summed E-state index contributed by atoms with van der Waals surface area (Å²) in [4.78, 5) is 24.4. The molecule has 11 nitrogen and oxygen atoms in total. The summed E-state index contributed by atoms with van der Waals surface area (Å²) in [7, 11) is -5.44. The van der Waals surface area contributed by atoms with E-state index in [2.05, 4.69) is 15.0 Å². The number of ketones is 1. The standard InChI is InChI=1S/C20H22F2N6O5S/c1-10-11(2)19(28-9-26-15-17(23)24-8-25-18(15)28)33-14(10)7-27-34(31,32)20(21,22)16(30)12-5-3-4-6-13(12)29/h3-6,8-11,14,19,27,29H,7H2,1-2H3,(H2,23,24,25)/t10-,11?,14-,19-/m1/s1. The lowest BCUT2D eigenvalue weighted by Crippen LogP contribution is -2.48. The van der Waals surface area contributed by atoms with Gasteiger partial charge < -0.3 is 15.6 Å². The van der Waals surface area contributed by atoms with Crippen LogP contribution in [0.4, 0.5) is 14.6 Å². The quantitative estimate of drug-likeness (QED) is 0.413. The first kappa shape index (κ1) is 23.9. The van der Waals surface area contributed by atoms with Gasteiger partial charge in [-0.25, -0.2) is 28.1 Å². The predicted molar refractivity (Wildman–Crippen MR) is 116 cm³/mol. The van der Waals surface area contributed by atoms with Crippen molar-refractivity contribution in [2.24, 2.45) is 11.8 Å². The second-order valence-electron chi connectivity index (χ2n) is 8.08. The number of carbonyl (C=O) groups is 1. The molecule has 1 aromatic carbocycles. The molecule has 3 aromatic rings. The Hall–Kier alpha value is -3.23. The van der Waals surface area contributed by atoms with Crippen LogP contribution in [0.25, 0.3) is 11.2 Å². The number of benzene rings is 1. The van der Waals surface area contributed by atoms with Crippen molar-refractivity contribution in [1.82, 2.24) is 24.2 Å². The highest BCUT2D eigenvalue weighted by Crippen LogP contribution is 2.40. The van der Waals surface area contributed by atoms with Crippen molar-refractivity contribution >= 4 is 32.8 Å². The second kappa shape index (κ2) is 8.52. The van der Waals surface area contributed by atoms with Gasteiger partial charge in [-0.1, -0.05) is 26.0 Å². The van der Waals surface area contributed by atoms with Gasteiger partial charge in [0.15, 0.2) is 11.5 Å². The van der Waals surface area contributed by atoms with Crippen molar-refractivity contribution in [2.75, 3.05) is 12.3 Å². The van der Waals surface area contributed by atoms with Crippen molar-refractivity contribution in [3.8, 4) is 5.75 Å². The third-order valence-corrected chi connectivity index (χ3v) is 7.47. The molecule has 0 aliphatic carbocycles. The number of anilines is 1. The smallest absolute Gasteiger partial charge is 0.420 e. The lowest BCUT2D eigenvalue weighted by Gasteiger charge is -2.20. The molecular weight excluding hydrogens is 474 g/mol. The van der Waals surface area contributed by atoms with Crippen LogP contribution in [0.1, 0.15) is 30.4 Å². The number of hydrogen-bond acceptors (Lipinski definition) is 9. The maximum absolute atomic E-state index is 14.6. The van der Waals surface area contributed by atoms with Crippen LogP contribution in [0, 0.1) is 11.8 Å². The van der Waals surface area contributed by atoms with Gasteiger partial charge in [0.25, 0.3) is 15.8 Å². The number of aromatic hydroxyl groups is 1. The number of aromatic nitrogens is 4. The van der Waals surface area contributed by atoms with Gasteiger partial charge in [-0.2, -0.15) is 8.78 Å². The lowest BCUT2D eigenvalue weighted by molar-refractivity contribution is -0.00829. The Labute approximate surface area is 193 Å². The summed E-state index contributed by atoms with van der Waals surface area (Å²) in [5.74, 6) is -3.03. The average Bonchev–Trinajstić information content (AvgIpc) is 3.34. The highest BCUT2D eigenvalue weighted by atomic mass is 32.2. The molecule has 1 fully saturated rings. The minimum absolute atomic E-state index is 0.175. The van der Waals surface area contributed by atoms with E-state index in [1.54, 1.807) is 16.2 Å². The number of sulfonamides is 1. The first-order chi connectivity index (χ1) is 16.0. The molecule has 34 heavy (non-hydrogen) atoms. The Bertz CT molecular complexity index is 1350. The van der Waals surface area contributed by atoms with Gasteiger partial charge in [-0.05, 0) is 18.1 Å². The zero-order valence-corrected chi connectivity index (χ0v) is 18.9. The van der Waals surface area contributed by atoms with Crippen LogP contribution < -0.4 is 10.5 Å². The number of Topliss-reactive ketones (excluding diaryl/α,β-unsaturated/α-hetero) is 1. The largest absolute Gasteiger partial charge is 0.507 e. The van der Waals surface area contributed by atoms with Crippen LogP contribution in [0.15, 0.2) is 36.9 Å². The number of nitrogens with zero attached hydrogens (tertiary/aromatic N) is 4. The Morgan fingerprint density at radius 2 is 1.94 bits per heavy atom. The molecule has 0 saturated carbocycles. The van der Waals surface area contributed by atoms with Crippen molar-refractivity contribution < 1.29 is 31.8 Å². The number of alkyl halides is 2. The minimum Gasteiger partial charge on any atom is -0.507 e. The molecule has 1 unspecified atom stereocenters. The first-order valence-electron chi connectivity index (χ1n) is 10.2. The summed E-state index contributed by atoms with van der Waals surface area (Å²) in [6.07, 6.45) is 1.33. The molecule has 0 spiro atoms. The number of nitrogens with one attached hydrogen (secondary N) is 1. The van der Waals surface area contributed by atoms with Crippen molar-refractivity contribution in [1.29, 1.82) is 0 Å². The average molecular weight is 496 g/mol. The molecule has 0 bridgehead atoms. The topological polar surface area (TPSA) is 162 Å². The zero-order chi connectivity index (χ0) is 24.8. The number of hydrogen-bond donors (Lipinski definition) is 3. The van der Waals surface area contributed by atoms with Crippen LogP contribution in [0.5, 0.6) is 5.75 Å². The molecule has 1 aliphatic heterocycles. The van der Waals surface area contributed by atoms with Gasteiger partial charge >= 0.3 is 5.25 Å². The molecule has 1 aliphatic rings. The van der Waals surface area contributed by atoms with Gasteiger partial charge in [0.05, 0.1) is 18.0 Å². The summed E-state index contributed by atoms with van der Waals surface area (Å²) in [6.45, 7) is 3.14. The number of carbonyl (C=O) groups excluding carboxylic acids is 1. The lowest BCUT2D eigenvalue weighted by atomic mass is 9.93. The van der Waals surface area contributed by atoms with E-state index in [-0.39, 0.29) is 17.7 Å². The number of imidazole rings is 1. The summed E-state index contributed by atoms with van der Waals surface area (Å²) in [5, 5.41) is 4.86. The van der Waals surface area contributed by atoms with Crippen LogP contribution in [0.3, 0.4) is 0 Å². The molecule has 2 aromatic heterocycles. The SMILES string of the molecule is CC1[C@@H](C)[C@@H](CNS(=O)(=O)C(F)(F)C(=O)c2ccccc2O)O[C@H]1n1cnc2c(N)ncnc21. The van der Waals surface area contributed by atoms with E-state index in [0.717, 1.165) is 12.1 Å². The normalized spacial score (nSPS) is 23.4. The fraction of sp³-hybridized carbons (Fsp3) is 0.400. The van der Waals surface area contributed by atoms with Crippen LogP contribution in [-0.4, -0.2) is 56.7 Å². The molecule has 4 rings (SSSR count). The molecule has 182 valence electrons. The number of rotatable bonds is 7. The molecule has 4 atom stereocenters. The Kier molecular flexibility index (Phi) is 5.99. The maximum Gasteiger partial charge on any atom is 0.420 e. The zero-order valence-electron chi connectivity index (χ0n) is 18.1. The molecule has 0 amide bonds. The Morgan fingerprint density at radius 3 is 2.65 bits per heavy atom. The predicted octanol–water partition coefficient (Wildman–Crippen LogP) is 1.68. The number of phenols is 1. The number of phenolic OH excluding ortho intramolecular Hbond substituents is 1. The van der Waals surface area contributed by atoms with Crippen LogP contribution >= 0.6 is 0 Å². The van der Waals surface area contributed by atoms with E-state index in [1.807, 2.05) is 6.92 Å². The molecular formula is C20H22F2N6O5S. The molecule has 14 heteroatoms. The summed E-state index contributed by atoms with van der Waals surface area (Å²) in [6, 6.07) is 4.48. The van der Waals surface area contributed by atoms with Crippen molar-refractivity contribution in [3.05, 3.63) is 42.5 Å². The molecule has 4 N–H and O–H groups in total. The summed E-state index contributed by atoms with van der Waals surface area (Å²) >= 11 is 0. The van der Waals surface area contributed by atoms with E-state index >= 15 is 0 Å². The van der Waals surface area contributed by atoms with E-state index in [9.17, 15) is 27.1 Å². The monoisotopic (exact) mass is 496 g/mol. The van der Waals surface area contributed by atoms with Gasteiger partial charge in [0.1, 0.15) is 23.8 Å². The maximum atomic E-state index is 14.6. The third-order valence-electron chi connectivity index (χ3n) is 6.07. The fourth-order valence-electron chi connectivity index (χ4n) is 3.86. The highest BCUT2D eigenvalue weighted by molar-refractivity contribution is 7.91. The van der Waals surface area contributed by atoms with Crippen molar-refractivity contribution in [3.63, 3.8) is 0 Å². The van der Waals surface area contributed by atoms with E-state index in [4.69, 9.17) is 10.5 Å². The van der Waals surface area contributed by atoms with Crippen LogP contribution in [0.2, 0.25) is 0 Å². The first-order valence-corrected chi connectivity index (χ1v) is 11.7. The second-order valence-corrected chi connectivity index (χ2v) is 9.89.